The van der Waals surface area contributed by atoms with Crippen LogP contribution in [0.5, 0.6) is 0 Å². The lowest BCUT2D eigenvalue weighted by Crippen LogP contribution is -2.54. The summed E-state index contributed by atoms with van der Waals surface area (Å²) in [5, 5.41) is 2.77. The van der Waals surface area contributed by atoms with Crippen LogP contribution in [0, 0.1) is 0 Å². The van der Waals surface area contributed by atoms with Crippen LogP contribution in [0.25, 0.3) is 0 Å². The van der Waals surface area contributed by atoms with Gasteiger partial charge in [-0.2, -0.15) is 0 Å². The molecule has 2 atom stereocenters. The van der Waals surface area contributed by atoms with E-state index in [1.54, 1.807) is 20.8 Å². The number of ether oxygens (including phenoxy) is 2. The number of nitrogens with one attached hydrogen (secondary N) is 1. The molecule has 0 aliphatic carbocycles. The Morgan fingerprint density at radius 1 is 0.906 bits per heavy atom. The summed E-state index contributed by atoms with van der Waals surface area (Å²) in [5.41, 5.74) is 1.05. The molecule has 2 amide bonds. The lowest BCUT2D eigenvalue weighted by atomic mass is 10.0. The molecule has 0 fully saturated rings. The van der Waals surface area contributed by atoms with Crippen LogP contribution in [0.1, 0.15) is 31.9 Å². The summed E-state index contributed by atoms with van der Waals surface area (Å²) in [5.74, 6) is -1.02. The average molecular weight is 441 g/mol. The summed E-state index contributed by atoms with van der Waals surface area (Å²) in [7, 11) is 2.80. The third-order valence-electron chi connectivity index (χ3n) is 4.81. The van der Waals surface area contributed by atoms with Crippen LogP contribution < -0.4 is 5.32 Å². The number of carbonyl (C=O) groups excluding carboxylic acids is 3. The number of benzene rings is 2. The Morgan fingerprint density at radius 2 is 1.41 bits per heavy atom. The number of nitrogens with zero attached hydrogens (tertiary/aromatic N) is 1. The van der Waals surface area contributed by atoms with E-state index in [0.717, 1.165) is 11.1 Å². The molecule has 0 unspecified atom stereocenters. The number of carbonyl (C=O) groups is 3. The summed E-state index contributed by atoms with van der Waals surface area (Å²) in [6.45, 7) is 5.29. The van der Waals surface area contributed by atoms with Crippen LogP contribution in [0.2, 0.25) is 0 Å². The molecular formula is C25H32N2O5. The number of amides is 2. The largest absolute Gasteiger partial charge is 0.467 e. The third-order valence-corrected chi connectivity index (χ3v) is 4.81. The normalized spacial score (nSPS) is 12.9. The predicted molar refractivity (Wildman–Crippen MR) is 122 cm³/mol. The Kier molecular flexibility index (Phi) is 8.81. The van der Waals surface area contributed by atoms with Gasteiger partial charge in [-0.15, -0.1) is 0 Å². The van der Waals surface area contributed by atoms with Crippen molar-refractivity contribution in [2.75, 3.05) is 14.2 Å². The van der Waals surface area contributed by atoms with Gasteiger partial charge in [0.15, 0.2) is 0 Å². The fraction of sp³-hybridized carbons (Fsp3) is 0.400. The molecule has 1 N–H and O–H groups in total. The standard InChI is InChI=1S/C25H32N2O5/c1-25(2,3)32-24(30)27(4)21(17-19-14-10-7-11-15-19)22(28)26-20(23(29)31-5)16-18-12-8-6-9-13-18/h6-15,20-21H,16-17H2,1-5H3,(H,26,28)/t20-,21+/m0/s1. The van der Waals surface area contributed by atoms with Crippen LogP contribution in [-0.2, 0) is 31.9 Å². The lowest BCUT2D eigenvalue weighted by Gasteiger charge is -2.31. The second-order valence-electron chi connectivity index (χ2n) is 8.57. The molecule has 0 saturated heterocycles. The van der Waals surface area contributed by atoms with E-state index >= 15 is 0 Å². The highest BCUT2D eigenvalue weighted by atomic mass is 16.6. The molecule has 7 heteroatoms. The molecule has 0 aliphatic heterocycles. The summed E-state index contributed by atoms with van der Waals surface area (Å²) in [6.07, 6.45) is -0.0824. The van der Waals surface area contributed by atoms with Crippen molar-refractivity contribution in [3.8, 4) is 0 Å². The minimum atomic E-state index is -0.889. The van der Waals surface area contributed by atoms with Gasteiger partial charge in [-0.05, 0) is 31.9 Å². The van der Waals surface area contributed by atoms with Crippen molar-refractivity contribution in [3.63, 3.8) is 0 Å². The Balaban J connectivity index is 2.25. The van der Waals surface area contributed by atoms with Crippen molar-refractivity contribution in [1.29, 1.82) is 0 Å². The highest BCUT2D eigenvalue weighted by molar-refractivity contribution is 5.90. The summed E-state index contributed by atoms with van der Waals surface area (Å²) in [4.78, 5) is 39.7. The zero-order chi connectivity index (χ0) is 23.7. The molecule has 0 bridgehead atoms. The molecule has 0 aliphatic rings. The maximum atomic E-state index is 13.3. The third kappa shape index (κ3) is 7.72. The quantitative estimate of drug-likeness (QED) is 0.636. The second kappa shape index (κ2) is 11.3. The van der Waals surface area contributed by atoms with Gasteiger partial charge >= 0.3 is 12.1 Å². The van der Waals surface area contributed by atoms with Crippen molar-refractivity contribution in [2.45, 2.75) is 51.3 Å². The first-order valence-corrected chi connectivity index (χ1v) is 10.5. The van der Waals surface area contributed by atoms with E-state index in [-0.39, 0.29) is 12.8 Å². The van der Waals surface area contributed by atoms with Crippen molar-refractivity contribution in [2.24, 2.45) is 0 Å². The van der Waals surface area contributed by atoms with E-state index in [2.05, 4.69) is 5.32 Å². The number of likely N-dealkylation sites (N-methyl/N-ethyl adjacent to an activating group) is 1. The van der Waals surface area contributed by atoms with Crippen LogP contribution in [0.3, 0.4) is 0 Å². The maximum Gasteiger partial charge on any atom is 0.410 e. The number of methoxy groups -OCH3 is 1. The van der Waals surface area contributed by atoms with E-state index in [1.165, 1.54) is 19.1 Å². The monoisotopic (exact) mass is 440 g/mol. The van der Waals surface area contributed by atoms with Crippen LogP contribution >= 0.6 is 0 Å². The molecule has 0 saturated carbocycles. The molecule has 0 heterocycles. The number of hydrogen-bond acceptors (Lipinski definition) is 5. The van der Waals surface area contributed by atoms with Crippen molar-refractivity contribution in [3.05, 3.63) is 71.8 Å². The van der Waals surface area contributed by atoms with Gasteiger partial charge in [0, 0.05) is 19.9 Å². The average Bonchev–Trinajstić information content (AvgIpc) is 2.76. The number of rotatable bonds is 8. The van der Waals surface area contributed by atoms with Crippen molar-refractivity contribution < 1.29 is 23.9 Å². The second-order valence-corrected chi connectivity index (χ2v) is 8.57. The maximum absolute atomic E-state index is 13.3. The topological polar surface area (TPSA) is 84.9 Å². The lowest BCUT2D eigenvalue weighted by molar-refractivity contribution is -0.145. The minimum Gasteiger partial charge on any atom is -0.467 e. The smallest absolute Gasteiger partial charge is 0.410 e. The highest BCUT2D eigenvalue weighted by Crippen LogP contribution is 2.15. The van der Waals surface area contributed by atoms with Gasteiger partial charge in [-0.3, -0.25) is 9.69 Å². The van der Waals surface area contributed by atoms with Crippen LogP contribution in [0.4, 0.5) is 4.79 Å². The fourth-order valence-electron chi connectivity index (χ4n) is 3.16. The van der Waals surface area contributed by atoms with Gasteiger partial charge in [0.2, 0.25) is 5.91 Å². The Morgan fingerprint density at radius 3 is 1.88 bits per heavy atom. The van der Waals surface area contributed by atoms with Crippen LogP contribution in [0.15, 0.2) is 60.7 Å². The Bertz CT molecular complexity index is 894. The fourth-order valence-corrected chi connectivity index (χ4v) is 3.16. The molecule has 2 rings (SSSR count). The molecule has 172 valence electrons. The highest BCUT2D eigenvalue weighted by Gasteiger charge is 2.33. The minimum absolute atomic E-state index is 0.266. The number of esters is 1. The summed E-state index contributed by atoms with van der Waals surface area (Å²) in [6, 6.07) is 16.9. The molecule has 2 aromatic rings. The molecule has 32 heavy (non-hydrogen) atoms. The predicted octanol–water partition coefficient (Wildman–Crippen LogP) is 3.37. The van der Waals surface area contributed by atoms with Gasteiger partial charge in [0.25, 0.3) is 0 Å². The van der Waals surface area contributed by atoms with Gasteiger partial charge in [0.05, 0.1) is 7.11 Å². The molecule has 0 radical (unpaired) electrons. The van der Waals surface area contributed by atoms with E-state index in [9.17, 15) is 14.4 Å². The van der Waals surface area contributed by atoms with E-state index < -0.39 is 35.7 Å². The first-order valence-electron chi connectivity index (χ1n) is 10.5. The first-order chi connectivity index (χ1) is 15.1. The van der Waals surface area contributed by atoms with Gasteiger partial charge in [-0.25, -0.2) is 9.59 Å². The van der Waals surface area contributed by atoms with Gasteiger partial charge in [-0.1, -0.05) is 60.7 Å². The summed E-state index contributed by atoms with van der Waals surface area (Å²) < 4.78 is 10.4. The van der Waals surface area contributed by atoms with Gasteiger partial charge in [0.1, 0.15) is 17.7 Å². The molecular weight excluding hydrogens is 408 g/mol. The Hall–Kier alpha value is -3.35. The molecule has 0 spiro atoms. The van der Waals surface area contributed by atoms with Crippen molar-refractivity contribution in [1.82, 2.24) is 10.2 Å². The van der Waals surface area contributed by atoms with Crippen molar-refractivity contribution >= 4 is 18.0 Å². The van der Waals surface area contributed by atoms with E-state index in [0.29, 0.717) is 0 Å². The SMILES string of the molecule is COC(=O)[C@H](Cc1ccccc1)NC(=O)[C@@H](Cc1ccccc1)N(C)C(=O)OC(C)(C)C. The zero-order valence-corrected chi connectivity index (χ0v) is 19.3. The zero-order valence-electron chi connectivity index (χ0n) is 19.3. The molecule has 7 nitrogen and oxygen atoms in total. The Labute approximate surface area is 189 Å². The van der Waals surface area contributed by atoms with Gasteiger partial charge < -0.3 is 14.8 Å². The molecule has 2 aromatic carbocycles. The van der Waals surface area contributed by atoms with Crippen LogP contribution in [-0.4, -0.2) is 54.7 Å². The van der Waals surface area contributed by atoms with E-state index in [4.69, 9.17) is 9.47 Å². The molecule has 0 aromatic heterocycles. The summed E-state index contributed by atoms with van der Waals surface area (Å²) >= 11 is 0. The van der Waals surface area contributed by atoms with E-state index in [1.807, 2.05) is 60.7 Å². The first kappa shape index (κ1) is 24.9. The number of hydrogen-bond donors (Lipinski definition) is 1.